The molecule has 0 saturated carbocycles. The molecule has 6 nitrogen and oxygen atoms in total. The van der Waals surface area contributed by atoms with Gasteiger partial charge >= 0.3 is 0 Å². The Balaban J connectivity index is 1.78. The number of thiocarbonyl (C=S) groups is 1. The fourth-order valence-corrected chi connectivity index (χ4v) is 4.67. The molecule has 1 saturated heterocycles. The zero-order valence-electron chi connectivity index (χ0n) is 19.5. The largest absolute Gasteiger partial charge is 0.493 e. The molecule has 0 N–H and O–H groups in total. The van der Waals surface area contributed by atoms with E-state index in [2.05, 4.69) is 0 Å². The maximum Gasteiger partial charge on any atom is 0.266 e. The van der Waals surface area contributed by atoms with E-state index in [0.717, 1.165) is 11.1 Å². The summed E-state index contributed by atoms with van der Waals surface area (Å²) in [7, 11) is 3.13. The van der Waals surface area contributed by atoms with Crippen LogP contribution in [-0.4, -0.2) is 52.2 Å². The topological polar surface area (TPSA) is 59.1 Å². The number of rotatable bonds is 7. The Hall–Kier alpha value is -2.84. The van der Waals surface area contributed by atoms with Crippen molar-refractivity contribution < 1.29 is 19.1 Å². The summed E-state index contributed by atoms with van der Waals surface area (Å²) in [6.07, 6.45) is 1.75. The van der Waals surface area contributed by atoms with Crippen LogP contribution in [-0.2, 0) is 16.1 Å². The summed E-state index contributed by atoms with van der Waals surface area (Å²) in [5, 5.41) is 0. The second-order valence-electron chi connectivity index (χ2n) is 8.52. The van der Waals surface area contributed by atoms with Gasteiger partial charge in [-0.1, -0.05) is 60.4 Å². The molecule has 1 heterocycles. The number of methoxy groups -OCH3 is 2. The molecular weight excluding hydrogens is 456 g/mol. The van der Waals surface area contributed by atoms with Gasteiger partial charge in [-0.3, -0.25) is 14.5 Å². The van der Waals surface area contributed by atoms with Gasteiger partial charge in [-0.2, -0.15) is 0 Å². The van der Waals surface area contributed by atoms with Crippen molar-refractivity contribution >= 4 is 46.2 Å². The number of ether oxygens (including phenoxy) is 2. The highest BCUT2D eigenvalue weighted by molar-refractivity contribution is 8.26. The van der Waals surface area contributed by atoms with E-state index in [1.807, 2.05) is 57.2 Å². The highest BCUT2D eigenvalue weighted by atomic mass is 32.2. The number of carbonyl (C=O) groups is 2. The molecule has 1 fully saturated rings. The lowest BCUT2D eigenvalue weighted by atomic mass is 10.0. The molecule has 2 aromatic rings. The molecule has 174 valence electrons. The number of carbonyl (C=O) groups excluding carboxylic acids is 2. The Kier molecular flexibility index (Phi) is 7.81. The Morgan fingerprint density at radius 1 is 1.09 bits per heavy atom. The smallest absolute Gasteiger partial charge is 0.266 e. The van der Waals surface area contributed by atoms with Gasteiger partial charge in [-0.05, 0) is 50.1 Å². The van der Waals surface area contributed by atoms with Crippen LogP contribution in [0.4, 0.5) is 0 Å². The minimum absolute atomic E-state index is 0.0992. The summed E-state index contributed by atoms with van der Waals surface area (Å²) in [5.74, 6) is 0.740. The van der Waals surface area contributed by atoms with E-state index >= 15 is 0 Å². The van der Waals surface area contributed by atoms with Crippen molar-refractivity contribution in [2.45, 2.75) is 32.9 Å². The van der Waals surface area contributed by atoms with Gasteiger partial charge in [-0.15, -0.1) is 0 Å². The van der Waals surface area contributed by atoms with E-state index < -0.39 is 5.54 Å². The van der Waals surface area contributed by atoms with Crippen molar-refractivity contribution in [1.82, 2.24) is 9.80 Å². The van der Waals surface area contributed by atoms with Crippen molar-refractivity contribution in [1.29, 1.82) is 0 Å². The standard InChI is InChI=1S/C25H28N2O4S2/c1-25(2,3)27(15-17-9-7-6-8-10-17)22(28)16-26-23(29)21(33-24(26)32)14-18-11-12-19(30-4)20(13-18)31-5/h6-14H,15-16H2,1-5H3. The summed E-state index contributed by atoms with van der Waals surface area (Å²) < 4.78 is 11.0. The van der Waals surface area contributed by atoms with Gasteiger partial charge in [0, 0.05) is 12.1 Å². The predicted octanol–water partition coefficient (Wildman–Crippen LogP) is 4.73. The SMILES string of the molecule is COc1ccc(C=C2SC(=S)N(CC(=O)N(Cc3ccccc3)C(C)(C)C)C2=O)cc1OC. The van der Waals surface area contributed by atoms with Crippen LogP contribution in [0.3, 0.4) is 0 Å². The van der Waals surface area contributed by atoms with Crippen molar-refractivity contribution in [2.75, 3.05) is 20.8 Å². The van der Waals surface area contributed by atoms with E-state index in [1.54, 1.807) is 37.3 Å². The van der Waals surface area contributed by atoms with Crippen molar-refractivity contribution in [2.24, 2.45) is 0 Å². The summed E-state index contributed by atoms with van der Waals surface area (Å²) in [6, 6.07) is 15.2. The minimum Gasteiger partial charge on any atom is -0.493 e. The summed E-state index contributed by atoms with van der Waals surface area (Å²) in [6.45, 7) is 6.30. The Bertz CT molecular complexity index is 1080. The first-order valence-electron chi connectivity index (χ1n) is 10.5. The first-order valence-corrected chi connectivity index (χ1v) is 11.7. The van der Waals surface area contributed by atoms with Gasteiger partial charge in [0.15, 0.2) is 11.5 Å². The fraction of sp³-hybridized carbons (Fsp3) is 0.320. The predicted molar refractivity (Wildman–Crippen MR) is 136 cm³/mol. The van der Waals surface area contributed by atoms with Crippen molar-refractivity contribution in [3.8, 4) is 11.5 Å². The number of thioether (sulfide) groups is 1. The normalized spacial score (nSPS) is 15.2. The van der Waals surface area contributed by atoms with Crippen LogP contribution in [0.5, 0.6) is 11.5 Å². The first-order chi connectivity index (χ1) is 15.6. The number of benzene rings is 2. The van der Waals surface area contributed by atoms with Gasteiger partial charge in [0.05, 0.1) is 19.1 Å². The summed E-state index contributed by atoms with van der Waals surface area (Å²) >= 11 is 6.63. The summed E-state index contributed by atoms with van der Waals surface area (Å²) in [4.78, 5) is 30.0. The lowest BCUT2D eigenvalue weighted by molar-refractivity contribution is -0.140. The van der Waals surface area contributed by atoms with E-state index in [4.69, 9.17) is 21.7 Å². The molecule has 33 heavy (non-hydrogen) atoms. The molecular formula is C25H28N2O4S2. The zero-order valence-corrected chi connectivity index (χ0v) is 21.1. The molecule has 2 aromatic carbocycles. The average Bonchev–Trinajstić information content (AvgIpc) is 3.04. The number of hydrogen-bond acceptors (Lipinski definition) is 6. The van der Waals surface area contributed by atoms with Crippen LogP contribution in [0.2, 0.25) is 0 Å². The molecule has 0 atom stereocenters. The molecule has 0 radical (unpaired) electrons. The van der Waals surface area contributed by atoms with Gasteiger partial charge in [0.25, 0.3) is 5.91 Å². The molecule has 1 aliphatic heterocycles. The van der Waals surface area contributed by atoms with Gasteiger partial charge < -0.3 is 14.4 Å². The third-order valence-electron chi connectivity index (χ3n) is 5.17. The number of hydrogen-bond donors (Lipinski definition) is 0. The summed E-state index contributed by atoms with van der Waals surface area (Å²) in [5.41, 5.74) is 1.39. The highest BCUT2D eigenvalue weighted by Crippen LogP contribution is 2.35. The fourth-order valence-electron chi connectivity index (χ4n) is 3.42. The quantitative estimate of drug-likeness (QED) is 0.418. The molecule has 3 rings (SSSR count). The third kappa shape index (κ3) is 5.94. The zero-order chi connectivity index (χ0) is 24.2. The van der Waals surface area contributed by atoms with Crippen LogP contribution in [0, 0.1) is 0 Å². The Labute approximate surface area is 204 Å². The second kappa shape index (κ2) is 10.4. The monoisotopic (exact) mass is 484 g/mol. The van der Waals surface area contributed by atoms with Crippen molar-refractivity contribution in [3.05, 3.63) is 64.6 Å². The first kappa shape index (κ1) is 24.8. The lowest BCUT2D eigenvalue weighted by Gasteiger charge is -2.36. The van der Waals surface area contributed by atoms with Crippen molar-refractivity contribution in [3.63, 3.8) is 0 Å². The lowest BCUT2D eigenvalue weighted by Crippen LogP contribution is -2.49. The van der Waals surface area contributed by atoms with Crippen LogP contribution in [0.15, 0.2) is 53.4 Å². The maximum atomic E-state index is 13.3. The maximum absolute atomic E-state index is 13.3. The van der Waals surface area contributed by atoms with E-state index in [9.17, 15) is 9.59 Å². The average molecular weight is 485 g/mol. The Morgan fingerprint density at radius 3 is 2.36 bits per heavy atom. The van der Waals surface area contributed by atoms with Gasteiger partial charge in [0.1, 0.15) is 10.9 Å². The van der Waals surface area contributed by atoms with Crippen LogP contribution in [0.25, 0.3) is 6.08 Å². The third-order valence-corrected chi connectivity index (χ3v) is 6.54. The molecule has 0 spiro atoms. The molecule has 0 aromatic heterocycles. The molecule has 2 amide bonds. The van der Waals surface area contributed by atoms with Gasteiger partial charge in [-0.25, -0.2) is 0 Å². The van der Waals surface area contributed by atoms with Crippen LogP contribution in [0.1, 0.15) is 31.9 Å². The van der Waals surface area contributed by atoms with E-state index in [-0.39, 0.29) is 18.4 Å². The molecule has 0 bridgehead atoms. The van der Waals surface area contributed by atoms with Gasteiger partial charge in [0.2, 0.25) is 5.91 Å². The van der Waals surface area contributed by atoms with Crippen LogP contribution < -0.4 is 9.47 Å². The molecule has 0 aliphatic carbocycles. The Morgan fingerprint density at radius 2 is 1.76 bits per heavy atom. The highest BCUT2D eigenvalue weighted by Gasteiger charge is 2.36. The molecule has 0 unspecified atom stereocenters. The number of nitrogens with zero attached hydrogens (tertiary/aromatic N) is 2. The van der Waals surface area contributed by atoms with Crippen LogP contribution >= 0.6 is 24.0 Å². The second-order valence-corrected chi connectivity index (χ2v) is 10.2. The molecule has 8 heteroatoms. The van der Waals surface area contributed by atoms with E-state index in [0.29, 0.717) is 27.3 Å². The molecule has 1 aliphatic rings. The minimum atomic E-state index is -0.414. The number of amides is 2. The van der Waals surface area contributed by atoms with E-state index in [1.165, 1.54) is 16.7 Å².